The third-order valence-corrected chi connectivity index (χ3v) is 5.48. The molecule has 1 fully saturated rings. The van der Waals surface area contributed by atoms with Crippen LogP contribution in [0.5, 0.6) is 0 Å². The van der Waals surface area contributed by atoms with E-state index in [1.54, 1.807) is 19.9 Å². The summed E-state index contributed by atoms with van der Waals surface area (Å²) in [6.07, 6.45) is 1.45. The highest BCUT2D eigenvalue weighted by Gasteiger charge is 2.24. The monoisotopic (exact) mass is 468 g/mol. The van der Waals surface area contributed by atoms with Crippen LogP contribution in [0.25, 0.3) is 0 Å². The highest BCUT2D eigenvalue weighted by Crippen LogP contribution is 2.28. The molecule has 0 radical (unpaired) electrons. The Bertz CT molecular complexity index is 1190. The topological polar surface area (TPSA) is 123 Å². The maximum Gasteiger partial charge on any atom is 0.222 e. The SMILES string of the molecule is Cc1cc(C(C)(O)C#Cc2ccc(CN3CCOCC3)c(Nc3nc(N)ncc3Cl)c2)no1. The fourth-order valence-electron chi connectivity index (χ4n) is 3.36. The van der Waals surface area contributed by atoms with Crippen molar-refractivity contribution in [2.24, 2.45) is 0 Å². The number of ether oxygens (including phenoxy) is 1. The number of halogens is 1. The van der Waals surface area contributed by atoms with Crippen LogP contribution in [0.15, 0.2) is 35.0 Å². The van der Waals surface area contributed by atoms with E-state index in [-0.39, 0.29) is 5.95 Å². The summed E-state index contributed by atoms with van der Waals surface area (Å²) >= 11 is 6.27. The maximum absolute atomic E-state index is 10.7. The van der Waals surface area contributed by atoms with E-state index < -0.39 is 5.60 Å². The van der Waals surface area contributed by atoms with Crippen molar-refractivity contribution in [3.8, 4) is 11.8 Å². The lowest BCUT2D eigenvalue weighted by atomic mass is 10.0. The van der Waals surface area contributed by atoms with E-state index in [0.717, 1.165) is 24.3 Å². The number of anilines is 3. The van der Waals surface area contributed by atoms with Gasteiger partial charge in [-0.2, -0.15) is 4.98 Å². The number of hydrogen-bond acceptors (Lipinski definition) is 9. The van der Waals surface area contributed by atoms with Gasteiger partial charge >= 0.3 is 0 Å². The summed E-state index contributed by atoms with van der Waals surface area (Å²) < 4.78 is 10.5. The Morgan fingerprint density at radius 1 is 1.30 bits per heavy atom. The molecule has 10 heteroatoms. The molecule has 2 aromatic heterocycles. The minimum absolute atomic E-state index is 0.117. The molecule has 0 amide bonds. The molecular formula is C23H25ClN6O3. The lowest BCUT2D eigenvalue weighted by Crippen LogP contribution is -2.35. The minimum Gasteiger partial charge on any atom is -0.379 e. The van der Waals surface area contributed by atoms with Crippen LogP contribution in [0.4, 0.5) is 17.5 Å². The summed E-state index contributed by atoms with van der Waals surface area (Å²) in [6, 6.07) is 7.46. The number of morpholine rings is 1. The van der Waals surface area contributed by atoms with Gasteiger partial charge in [0.15, 0.2) is 11.4 Å². The molecule has 0 spiro atoms. The molecule has 1 unspecified atom stereocenters. The zero-order chi connectivity index (χ0) is 23.4. The van der Waals surface area contributed by atoms with Gasteiger partial charge in [0.05, 0.1) is 19.4 Å². The minimum atomic E-state index is -1.46. The van der Waals surface area contributed by atoms with E-state index in [4.69, 9.17) is 26.6 Å². The van der Waals surface area contributed by atoms with Crippen LogP contribution in [0, 0.1) is 18.8 Å². The molecule has 0 bridgehead atoms. The van der Waals surface area contributed by atoms with Crippen molar-refractivity contribution in [2.75, 3.05) is 37.4 Å². The smallest absolute Gasteiger partial charge is 0.222 e. The molecule has 0 aliphatic carbocycles. The van der Waals surface area contributed by atoms with Crippen molar-refractivity contribution in [2.45, 2.75) is 26.0 Å². The van der Waals surface area contributed by atoms with E-state index >= 15 is 0 Å². The second-order valence-corrected chi connectivity index (χ2v) is 8.36. The number of nitrogens with zero attached hydrogens (tertiary/aromatic N) is 4. The number of aromatic nitrogens is 3. The molecular weight excluding hydrogens is 444 g/mol. The Labute approximate surface area is 196 Å². The van der Waals surface area contributed by atoms with E-state index in [1.165, 1.54) is 6.20 Å². The van der Waals surface area contributed by atoms with E-state index in [9.17, 15) is 5.11 Å². The van der Waals surface area contributed by atoms with Gasteiger partial charge in [-0.25, -0.2) is 4.98 Å². The zero-order valence-corrected chi connectivity index (χ0v) is 19.2. The Morgan fingerprint density at radius 3 is 2.82 bits per heavy atom. The third-order valence-electron chi connectivity index (χ3n) is 5.20. The summed E-state index contributed by atoms with van der Waals surface area (Å²) in [5, 5.41) is 18.2. The molecule has 172 valence electrons. The first-order valence-corrected chi connectivity index (χ1v) is 10.9. The summed E-state index contributed by atoms with van der Waals surface area (Å²) in [6.45, 7) is 7.16. The number of aryl methyl sites for hydroxylation is 1. The number of nitrogens with one attached hydrogen (secondary N) is 1. The Morgan fingerprint density at radius 2 is 2.09 bits per heavy atom. The summed E-state index contributed by atoms with van der Waals surface area (Å²) in [7, 11) is 0. The lowest BCUT2D eigenvalue weighted by molar-refractivity contribution is 0.0343. The highest BCUT2D eigenvalue weighted by molar-refractivity contribution is 6.32. The van der Waals surface area contributed by atoms with Crippen LogP contribution in [0.2, 0.25) is 5.02 Å². The number of aliphatic hydroxyl groups is 1. The number of nitrogens with two attached hydrogens (primary N) is 1. The average Bonchev–Trinajstić information content (AvgIpc) is 3.24. The molecule has 4 rings (SSSR count). The van der Waals surface area contributed by atoms with Gasteiger partial charge in [-0.3, -0.25) is 4.90 Å². The largest absolute Gasteiger partial charge is 0.379 e. The lowest BCUT2D eigenvalue weighted by Gasteiger charge is -2.27. The molecule has 33 heavy (non-hydrogen) atoms. The van der Waals surface area contributed by atoms with Crippen LogP contribution in [-0.4, -0.2) is 51.4 Å². The Hall–Kier alpha value is -3.16. The van der Waals surface area contributed by atoms with E-state index in [1.807, 2.05) is 18.2 Å². The molecule has 3 heterocycles. The Balaban J connectivity index is 1.65. The van der Waals surface area contributed by atoms with Crippen molar-refractivity contribution in [1.82, 2.24) is 20.0 Å². The van der Waals surface area contributed by atoms with Gasteiger partial charge in [0.2, 0.25) is 5.95 Å². The predicted octanol–water partition coefficient (Wildman–Crippen LogP) is 2.84. The number of rotatable bonds is 5. The molecule has 4 N–H and O–H groups in total. The quantitative estimate of drug-likeness (QED) is 0.485. The van der Waals surface area contributed by atoms with E-state index in [0.29, 0.717) is 47.6 Å². The highest BCUT2D eigenvalue weighted by atomic mass is 35.5. The summed E-state index contributed by atoms with van der Waals surface area (Å²) in [5.74, 6) is 7.03. The van der Waals surface area contributed by atoms with Gasteiger partial charge in [0.1, 0.15) is 16.5 Å². The van der Waals surface area contributed by atoms with Crippen LogP contribution in [-0.2, 0) is 16.9 Å². The van der Waals surface area contributed by atoms with Crippen molar-refractivity contribution in [3.05, 3.63) is 58.1 Å². The molecule has 0 saturated carbocycles. The first-order valence-electron chi connectivity index (χ1n) is 10.5. The van der Waals surface area contributed by atoms with Crippen molar-refractivity contribution in [3.63, 3.8) is 0 Å². The number of nitrogen functional groups attached to an aromatic ring is 1. The first kappa shape index (κ1) is 23.0. The summed E-state index contributed by atoms with van der Waals surface area (Å²) in [5.41, 5.74) is 7.16. The second-order valence-electron chi connectivity index (χ2n) is 7.96. The van der Waals surface area contributed by atoms with Crippen molar-refractivity contribution >= 4 is 29.1 Å². The van der Waals surface area contributed by atoms with Gasteiger partial charge < -0.3 is 25.4 Å². The molecule has 1 saturated heterocycles. The third kappa shape index (κ3) is 5.80. The van der Waals surface area contributed by atoms with Crippen LogP contribution < -0.4 is 11.1 Å². The van der Waals surface area contributed by atoms with Crippen molar-refractivity contribution in [1.29, 1.82) is 0 Å². The van der Waals surface area contributed by atoms with Gasteiger partial charge in [0.25, 0.3) is 0 Å². The predicted molar refractivity (Wildman–Crippen MR) is 125 cm³/mol. The van der Waals surface area contributed by atoms with Gasteiger partial charge in [-0.1, -0.05) is 34.7 Å². The van der Waals surface area contributed by atoms with Crippen molar-refractivity contribution < 1.29 is 14.4 Å². The first-order chi connectivity index (χ1) is 15.8. The Kier molecular flexibility index (Phi) is 6.81. The standard InChI is InChI=1S/C23H25ClN6O3/c1-15-11-20(29-33-15)23(2,31)6-5-16-3-4-17(14-30-7-9-32-10-8-30)19(12-16)27-21-18(24)13-26-22(25)28-21/h3-4,11-13,31H,7-10,14H2,1-2H3,(H3,25,26,27,28). The van der Waals surface area contributed by atoms with Crippen LogP contribution in [0.1, 0.15) is 29.5 Å². The maximum atomic E-state index is 10.7. The second kappa shape index (κ2) is 9.77. The molecule has 1 aliphatic rings. The van der Waals surface area contributed by atoms with Gasteiger partial charge in [-0.15, -0.1) is 0 Å². The van der Waals surface area contributed by atoms with Crippen LogP contribution >= 0.6 is 11.6 Å². The molecule has 1 atom stereocenters. The number of hydrogen-bond donors (Lipinski definition) is 3. The molecule has 9 nitrogen and oxygen atoms in total. The number of benzene rings is 1. The van der Waals surface area contributed by atoms with E-state index in [2.05, 4.69) is 37.2 Å². The fraction of sp³-hybridized carbons (Fsp3) is 0.348. The molecule has 1 aliphatic heterocycles. The van der Waals surface area contributed by atoms with Crippen LogP contribution in [0.3, 0.4) is 0 Å². The normalized spacial score (nSPS) is 16.0. The summed E-state index contributed by atoms with van der Waals surface area (Å²) in [4.78, 5) is 10.4. The molecule has 3 aromatic rings. The van der Waals surface area contributed by atoms with Gasteiger partial charge in [0, 0.05) is 37.0 Å². The molecule has 1 aromatic carbocycles. The average molecular weight is 469 g/mol. The fourth-order valence-corrected chi connectivity index (χ4v) is 3.50. The van der Waals surface area contributed by atoms with Gasteiger partial charge in [-0.05, 0) is 31.5 Å². The zero-order valence-electron chi connectivity index (χ0n) is 18.4.